The SMILES string of the molecule is CCCCCCCC1CCc2cc(C3CCC4CC(OCCCCCC)CCC4C3)c(F)cc2C1. The summed E-state index contributed by atoms with van der Waals surface area (Å²) in [5.74, 6) is 2.89. The molecular weight excluding hydrogens is 431 g/mol. The van der Waals surface area contributed by atoms with Crippen molar-refractivity contribution >= 4 is 0 Å². The molecule has 3 aliphatic rings. The van der Waals surface area contributed by atoms with E-state index in [9.17, 15) is 0 Å². The highest BCUT2D eigenvalue weighted by molar-refractivity contribution is 5.37. The predicted molar refractivity (Wildman–Crippen MR) is 147 cm³/mol. The lowest BCUT2D eigenvalue weighted by Gasteiger charge is -2.42. The molecular formula is C33H53FO. The summed E-state index contributed by atoms with van der Waals surface area (Å²) >= 11 is 0. The molecule has 3 aliphatic carbocycles. The van der Waals surface area contributed by atoms with Gasteiger partial charge >= 0.3 is 0 Å². The smallest absolute Gasteiger partial charge is 0.126 e. The van der Waals surface area contributed by atoms with E-state index in [4.69, 9.17) is 4.74 Å². The number of halogens is 1. The van der Waals surface area contributed by atoms with E-state index in [0.29, 0.717) is 12.0 Å². The lowest BCUT2D eigenvalue weighted by molar-refractivity contribution is -0.0164. The van der Waals surface area contributed by atoms with Crippen LogP contribution >= 0.6 is 0 Å². The lowest BCUT2D eigenvalue weighted by atomic mass is 9.65. The van der Waals surface area contributed by atoms with Crippen LogP contribution in [0.25, 0.3) is 0 Å². The number of rotatable bonds is 13. The van der Waals surface area contributed by atoms with Crippen molar-refractivity contribution in [3.05, 3.63) is 34.6 Å². The van der Waals surface area contributed by atoms with Gasteiger partial charge in [0.2, 0.25) is 0 Å². The number of ether oxygens (including phenoxy) is 1. The molecule has 0 heterocycles. The van der Waals surface area contributed by atoms with Crippen molar-refractivity contribution in [1.29, 1.82) is 0 Å². The normalized spacial score (nSPS) is 28.5. The van der Waals surface area contributed by atoms with Crippen LogP contribution in [0.3, 0.4) is 0 Å². The zero-order valence-corrected chi connectivity index (χ0v) is 23.0. The van der Waals surface area contributed by atoms with Crippen molar-refractivity contribution in [3.8, 4) is 0 Å². The van der Waals surface area contributed by atoms with E-state index in [1.165, 1.54) is 120 Å². The maximum Gasteiger partial charge on any atom is 0.126 e. The second-order valence-corrected chi connectivity index (χ2v) is 12.4. The lowest BCUT2D eigenvalue weighted by Crippen LogP contribution is -2.34. The molecule has 2 heteroatoms. The van der Waals surface area contributed by atoms with E-state index < -0.39 is 0 Å². The molecule has 2 fully saturated rings. The molecule has 4 rings (SSSR count). The average molecular weight is 485 g/mol. The maximum atomic E-state index is 15.4. The second kappa shape index (κ2) is 14.2. The Bertz CT molecular complexity index is 758. The third-order valence-corrected chi connectivity index (χ3v) is 9.72. The quantitative estimate of drug-likeness (QED) is 0.253. The van der Waals surface area contributed by atoms with Crippen molar-refractivity contribution < 1.29 is 9.13 Å². The summed E-state index contributed by atoms with van der Waals surface area (Å²) in [4.78, 5) is 0. The Morgan fingerprint density at radius 2 is 1.51 bits per heavy atom. The molecule has 198 valence electrons. The van der Waals surface area contributed by atoms with Crippen molar-refractivity contribution in [2.45, 2.75) is 148 Å². The van der Waals surface area contributed by atoms with Crippen LogP contribution in [0.1, 0.15) is 146 Å². The number of benzene rings is 1. The largest absolute Gasteiger partial charge is 0.378 e. The van der Waals surface area contributed by atoms with E-state index >= 15 is 4.39 Å². The van der Waals surface area contributed by atoms with Gasteiger partial charge in [0.05, 0.1) is 6.10 Å². The Labute approximate surface area is 216 Å². The summed E-state index contributed by atoms with van der Waals surface area (Å²) in [5, 5.41) is 0. The van der Waals surface area contributed by atoms with E-state index in [1.807, 2.05) is 6.07 Å². The summed E-state index contributed by atoms with van der Waals surface area (Å²) in [6.45, 7) is 5.50. The molecule has 35 heavy (non-hydrogen) atoms. The minimum Gasteiger partial charge on any atom is -0.378 e. The van der Waals surface area contributed by atoms with E-state index in [0.717, 1.165) is 42.8 Å². The van der Waals surface area contributed by atoms with Gasteiger partial charge in [0, 0.05) is 6.61 Å². The predicted octanol–water partition coefficient (Wildman–Crippen LogP) is 9.94. The standard InChI is InChI=1S/C33H53FO/c1-3-5-7-9-10-12-25-13-14-28-23-32(33(34)24-30(28)20-25)29-16-15-27-22-31(18-17-26(27)21-29)35-19-11-8-6-4-2/h23-27,29,31H,3-22H2,1-2H3. The van der Waals surface area contributed by atoms with Crippen LogP contribution in [0.4, 0.5) is 4.39 Å². The molecule has 2 saturated carbocycles. The first-order valence-electron chi connectivity index (χ1n) is 15.6. The third-order valence-electron chi connectivity index (χ3n) is 9.72. The summed E-state index contributed by atoms with van der Waals surface area (Å²) in [6, 6.07) is 4.25. The van der Waals surface area contributed by atoms with Crippen molar-refractivity contribution in [1.82, 2.24) is 0 Å². The molecule has 5 unspecified atom stereocenters. The highest BCUT2D eigenvalue weighted by Crippen LogP contribution is 2.47. The van der Waals surface area contributed by atoms with Crippen molar-refractivity contribution in [3.63, 3.8) is 0 Å². The van der Waals surface area contributed by atoms with E-state index in [2.05, 4.69) is 19.9 Å². The fourth-order valence-corrected chi connectivity index (χ4v) is 7.53. The second-order valence-electron chi connectivity index (χ2n) is 12.4. The topological polar surface area (TPSA) is 9.23 Å². The van der Waals surface area contributed by atoms with Gasteiger partial charge in [-0.1, -0.05) is 77.7 Å². The fraction of sp³-hybridized carbons (Fsp3) is 0.818. The van der Waals surface area contributed by atoms with Gasteiger partial charge in [0.15, 0.2) is 0 Å². The highest BCUT2D eigenvalue weighted by atomic mass is 19.1. The van der Waals surface area contributed by atoms with Gasteiger partial charge < -0.3 is 4.74 Å². The Balaban J connectivity index is 1.25. The van der Waals surface area contributed by atoms with Crippen LogP contribution in [0, 0.1) is 23.6 Å². The monoisotopic (exact) mass is 484 g/mol. The molecule has 0 saturated heterocycles. The molecule has 0 N–H and O–H groups in total. The number of unbranched alkanes of at least 4 members (excludes halogenated alkanes) is 7. The average Bonchev–Trinajstić information content (AvgIpc) is 2.87. The van der Waals surface area contributed by atoms with Gasteiger partial charge in [-0.05, 0) is 111 Å². The number of fused-ring (bicyclic) bond motifs is 2. The van der Waals surface area contributed by atoms with Gasteiger partial charge in [-0.2, -0.15) is 0 Å². The zero-order chi connectivity index (χ0) is 24.5. The molecule has 0 aliphatic heterocycles. The summed E-state index contributed by atoms with van der Waals surface area (Å²) in [6.07, 6.45) is 24.7. The van der Waals surface area contributed by atoms with Crippen LogP contribution in [0.15, 0.2) is 12.1 Å². The van der Waals surface area contributed by atoms with Crippen LogP contribution in [0.5, 0.6) is 0 Å². The number of hydrogen-bond donors (Lipinski definition) is 0. The molecule has 0 spiro atoms. The van der Waals surface area contributed by atoms with E-state index in [-0.39, 0.29) is 5.82 Å². The van der Waals surface area contributed by atoms with Gasteiger partial charge in [0.25, 0.3) is 0 Å². The first kappa shape index (κ1) is 27.2. The summed E-state index contributed by atoms with van der Waals surface area (Å²) in [7, 11) is 0. The van der Waals surface area contributed by atoms with Crippen LogP contribution in [-0.2, 0) is 17.6 Å². The highest BCUT2D eigenvalue weighted by Gasteiger charge is 2.37. The van der Waals surface area contributed by atoms with Crippen LogP contribution in [0.2, 0.25) is 0 Å². The number of aryl methyl sites for hydroxylation is 1. The third kappa shape index (κ3) is 7.80. The molecule has 1 aromatic rings. The van der Waals surface area contributed by atoms with Crippen LogP contribution in [-0.4, -0.2) is 12.7 Å². The Kier molecular flexibility index (Phi) is 11.0. The number of hydrogen-bond acceptors (Lipinski definition) is 1. The molecule has 0 amide bonds. The fourth-order valence-electron chi connectivity index (χ4n) is 7.53. The molecule has 0 aromatic heterocycles. The van der Waals surface area contributed by atoms with Crippen molar-refractivity contribution in [2.24, 2.45) is 17.8 Å². The Morgan fingerprint density at radius 3 is 2.34 bits per heavy atom. The van der Waals surface area contributed by atoms with E-state index in [1.54, 1.807) is 0 Å². The minimum atomic E-state index is 0.0971. The zero-order valence-electron chi connectivity index (χ0n) is 23.0. The first-order chi connectivity index (χ1) is 17.2. The van der Waals surface area contributed by atoms with Gasteiger partial charge in [-0.15, -0.1) is 0 Å². The molecule has 5 atom stereocenters. The Hall–Kier alpha value is -0.890. The minimum absolute atomic E-state index is 0.0971. The molecule has 1 aromatic carbocycles. The van der Waals surface area contributed by atoms with Gasteiger partial charge in [0.1, 0.15) is 5.82 Å². The maximum absolute atomic E-state index is 15.4. The van der Waals surface area contributed by atoms with Crippen LogP contribution < -0.4 is 0 Å². The molecule has 0 radical (unpaired) electrons. The molecule has 1 nitrogen and oxygen atoms in total. The summed E-state index contributed by atoms with van der Waals surface area (Å²) in [5.41, 5.74) is 3.83. The summed E-state index contributed by atoms with van der Waals surface area (Å²) < 4.78 is 21.6. The van der Waals surface area contributed by atoms with Crippen molar-refractivity contribution in [2.75, 3.05) is 6.61 Å². The van der Waals surface area contributed by atoms with Gasteiger partial charge in [-0.25, -0.2) is 4.39 Å². The Morgan fingerprint density at radius 1 is 0.771 bits per heavy atom. The van der Waals surface area contributed by atoms with Gasteiger partial charge in [-0.3, -0.25) is 0 Å². The first-order valence-corrected chi connectivity index (χ1v) is 15.6. The molecule has 0 bridgehead atoms.